The van der Waals surface area contributed by atoms with Gasteiger partial charge < -0.3 is 4.74 Å². The monoisotopic (exact) mass is 422 g/mol. The number of aromatic nitrogens is 2. The molecule has 0 radical (unpaired) electrons. The summed E-state index contributed by atoms with van der Waals surface area (Å²) in [5, 5.41) is 0. The molecule has 3 rings (SSSR count). The lowest BCUT2D eigenvalue weighted by atomic mass is 10.1. The Morgan fingerprint density at radius 2 is 1.72 bits per heavy atom. The molecule has 5 nitrogen and oxygen atoms in total. The number of rotatable bonds is 6. The summed E-state index contributed by atoms with van der Waals surface area (Å²) < 4.78 is 69.3. The zero-order valence-electron chi connectivity index (χ0n) is 15.3. The lowest BCUT2D eigenvalue weighted by Gasteiger charge is -2.13. The fourth-order valence-corrected chi connectivity index (χ4v) is 3.71. The van der Waals surface area contributed by atoms with Crippen molar-refractivity contribution in [2.24, 2.45) is 0 Å². The highest BCUT2D eigenvalue weighted by atomic mass is 32.2. The summed E-state index contributed by atoms with van der Waals surface area (Å²) in [5.41, 5.74) is 0.0845. The van der Waals surface area contributed by atoms with Gasteiger partial charge in [-0.3, -0.25) is 0 Å². The maximum Gasteiger partial charge on any atom is 0.416 e. The van der Waals surface area contributed by atoms with E-state index in [0.717, 1.165) is 17.7 Å². The van der Waals surface area contributed by atoms with E-state index in [4.69, 9.17) is 4.74 Å². The molecule has 0 saturated carbocycles. The summed E-state index contributed by atoms with van der Waals surface area (Å²) in [6.07, 6.45) is -2.08. The molecule has 2 aromatic carbocycles. The molecule has 0 N–H and O–H groups in total. The molecule has 0 amide bonds. The van der Waals surface area contributed by atoms with Gasteiger partial charge in [-0.05, 0) is 17.7 Å². The summed E-state index contributed by atoms with van der Waals surface area (Å²) in [6.45, 7) is 1.64. The first-order valence-corrected chi connectivity index (χ1v) is 10.3. The smallest absolute Gasteiger partial charge is 0.416 e. The van der Waals surface area contributed by atoms with Crippen molar-refractivity contribution in [1.29, 1.82) is 0 Å². The topological polar surface area (TPSA) is 69.2 Å². The van der Waals surface area contributed by atoms with Crippen LogP contribution in [0.25, 0.3) is 11.3 Å². The zero-order chi connectivity index (χ0) is 21.1. The van der Waals surface area contributed by atoms with E-state index in [1.165, 1.54) is 19.3 Å². The van der Waals surface area contributed by atoms with E-state index in [-0.39, 0.29) is 29.5 Å². The summed E-state index contributed by atoms with van der Waals surface area (Å²) in [5.74, 6) is -0.128. The predicted molar refractivity (Wildman–Crippen MR) is 101 cm³/mol. The second-order valence-electron chi connectivity index (χ2n) is 6.13. The van der Waals surface area contributed by atoms with Gasteiger partial charge in [0.15, 0.2) is 9.84 Å². The van der Waals surface area contributed by atoms with Crippen molar-refractivity contribution in [2.75, 3.05) is 5.75 Å². The molecule has 0 aliphatic carbocycles. The largest absolute Gasteiger partial charge is 0.472 e. The van der Waals surface area contributed by atoms with Gasteiger partial charge in [0.1, 0.15) is 6.61 Å². The molecule has 9 heteroatoms. The molecule has 0 unspecified atom stereocenters. The molecular weight excluding hydrogens is 405 g/mol. The van der Waals surface area contributed by atoms with Gasteiger partial charge in [-0.1, -0.05) is 43.3 Å². The normalized spacial score (nSPS) is 12.0. The number of nitrogens with zero attached hydrogens (tertiary/aromatic N) is 2. The first-order valence-electron chi connectivity index (χ1n) is 8.64. The Balaban J connectivity index is 1.91. The van der Waals surface area contributed by atoms with Crippen LogP contribution in [0, 0.1) is 0 Å². The van der Waals surface area contributed by atoms with E-state index in [2.05, 4.69) is 9.97 Å². The first-order chi connectivity index (χ1) is 13.7. The molecule has 1 aromatic heterocycles. The molecule has 0 spiro atoms. The molecule has 0 fully saturated rings. The summed E-state index contributed by atoms with van der Waals surface area (Å²) in [6, 6.07) is 11.9. The Kier molecular flexibility index (Phi) is 5.88. The van der Waals surface area contributed by atoms with Gasteiger partial charge in [0.25, 0.3) is 0 Å². The van der Waals surface area contributed by atoms with Gasteiger partial charge in [0.2, 0.25) is 5.88 Å². The number of hydrogen-bond acceptors (Lipinski definition) is 5. The molecular formula is C20H17F3N2O3S. The Bertz CT molecular complexity index is 1080. The fourth-order valence-electron chi connectivity index (χ4n) is 2.58. The van der Waals surface area contributed by atoms with Crippen molar-refractivity contribution in [2.45, 2.75) is 24.6 Å². The Labute approximate surface area is 166 Å². The van der Waals surface area contributed by atoms with Crippen LogP contribution in [0.15, 0.2) is 65.8 Å². The minimum atomic E-state index is -4.66. The summed E-state index contributed by atoms with van der Waals surface area (Å²) in [7, 11) is -3.92. The van der Waals surface area contributed by atoms with E-state index in [1.807, 2.05) is 30.3 Å². The highest BCUT2D eigenvalue weighted by Gasteiger charge is 2.33. The molecule has 0 bridgehead atoms. The predicted octanol–water partition coefficient (Wildman–Crippen LogP) is 4.54. The van der Waals surface area contributed by atoms with Crippen LogP contribution in [0.5, 0.6) is 5.88 Å². The van der Waals surface area contributed by atoms with Gasteiger partial charge in [-0.2, -0.15) is 13.2 Å². The Morgan fingerprint density at radius 3 is 2.31 bits per heavy atom. The van der Waals surface area contributed by atoms with Gasteiger partial charge >= 0.3 is 6.18 Å². The Hall–Kier alpha value is -2.94. The third-order valence-electron chi connectivity index (χ3n) is 4.16. The van der Waals surface area contributed by atoms with Crippen LogP contribution in [0.4, 0.5) is 13.2 Å². The van der Waals surface area contributed by atoms with Crippen LogP contribution in [0.1, 0.15) is 18.1 Å². The fraction of sp³-hybridized carbons (Fsp3) is 0.200. The molecule has 3 aromatic rings. The van der Waals surface area contributed by atoms with Crippen LogP contribution in [0.3, 0.4) is 0 Å². The highest BCUT2D eigenvalue weighted by molar-refractivity contribution is 7.91. The maximum absolute atomic E-state index is 13.0. The number of hydrogen-bond donors (Lipinski definition) is 0. The van der Waals surface area contributed by atoms with Crippen LogP contribution >= 0.6 is 0 Å². The first kappa shape index (κ1) is 20.8. The SMILES string of the molecule is CCS(=O)(=O)c1cc(C(F)(F)F)ccc1-c1cnc(OCc2ccccc2)cn1. The van der Waals surface area contributed by atoms with E-state index in [1.54, 1.807) is 0 Å². The van der Waals surface area contributed by atoms with Gasteiger partial charge in [-0.25, -0.2) is 18.4 Å². The van der Waals surface area contributed by atoms with Crippen molar-refractivity contribution in [3.63, 3.8) is 0 Å². The second-order valence-corrected chi connectivity index (χ2v) is 8.37. The molecule has 0 saturated heterocycles. The highest BCUT2D eigenvalue weighted by Crippen LogP contribution is 2.35. The number of halogens is 3. The van der Waals surface area contributed by atoms with Crippen LogP contribution in [-0.2, 0) is 22.6 Å². The van der Waals surface area contributed by atoms with Crippen LogP contribution in [0.2, 0.25) is 0 Å². The zero-order valence-corrected chi connectivity index (χ0v) is 16.2. The quantitative estimate of drug-likeness (QED) is 0.584. The number of ether oxygens (including phenoxy) is 1. The van der Waals surface area contributed by atoms with E-state index in [9.17, 15) is 21.6 Å². The summed E-state index contributed by atoms with van der Waals surface area (Å²) >= 11 is 0. The average Bonchev–Trinajstić information content (AvgIpc) is 2.72. The van der Waals surface area contributed by atoms with Gasteiger partial charge in [0.05, 0.1) is 34.3 Å². The van der Waals surface area contributed by atoms with Gasteiger partial charge in [-0.15, -0.1) is 0 Å². The van der Waals surface area contributed by atoms with Crippen LogP contribution < -0.4 is 4.74 Å². The van der Waals surface area contributed by atoms with Crippen molar-refractivity contribution >= 4 is 9.84 Å². The van der Waals surface area contributed by atoms with E-state index < -0.39 is 26.5 Å². The molecule has 152 valence electrons. The minimum Gasteiger partial charge on any atom is -0.472 e. The average molecular weight is 422 g/mol. The molecule has 0 aliphatic heterocycles. The number of alkyl halides is 3. The Morgan fingerprint density at radius 1 is 1.00 bits per heavy atom. The van der Waals surface area contributed by atoms with Gasteiger partial charge in [0, 0.05) is 5.56 Å². The molecule has 0 aliphatic rings. The van der Waals surface area contributed by atoms with E-state index >= 15 is 0 Å². The van der Waals surface area contributed by atoms with Crippen LogP contribution in [-0.4, -0.2) is 24.1 Å². The summed E-state index contributed by atoms with van der Waals surface area (Å²) in [4.78, 5) is 7.79. The van der Waals surface area contributed by atoms with Crippen molar-refractivity contribution < 1.29 is 26.3 Å². The van der Waals surface area contributed by atoms with Crippen molar-refractivity contribution in [3.8, 4) is 17.1 Å². The van der Waals surface area contributed by atoms with E-state index in [0.29, 0.717) is 6.07 Å². The molecule has 29 heavy (non-hydrogen) atoms. The lowest BCUT2D eigenvalue weighted by Crippen LogP contribution is -2.11. The molecule has 1 heterocycles. The lowest BCUT2D eigenvalue weighted by molar-refractivity contribution is -0.137. The second kappa shape index (κ2) is 8.20. The third-order valence-corrected chi connectivity index (χ3v) is 5.93. The number of benzene rings is 2. The van der Waals surface area contributed by atoms with Crippen molar-refractivity contribution in [3.05, 3.63) is 72.1 Å². The maximum atomic E-state index is 13.0. The third kappa shape index (κ3) is 4.92. The number of sulfone groups is 1. The standard InChI is InChI=1S/C20H17F3N2O3S/c1-2-29(26,27)18-10-15(20(21,22)23)8-9-16(18)17-11-25-19(12-24-17)28-13-14-6-4-3-5-7-14/h3-12H,2,13H2,1H3. The van der Waals surface area contributed by atoms with Crippen molar-refractivity contribution in [1.82, 2.24) is 9.97 Å². The minimum absolute atomic E-state index is 0.0574. The molecule has 0 atom stereocenters.